The fourth-order valence-electron chi connectivity index (χ4n) is 4.79. The maximum absolute atomic E-state index is 13.4. The van der Waals surface area contributed by atoms with Gasteiger partial charge in [0.25, 0.3) is 0 Å². The first-order valence-corrected chi connectivity index (χ1v) is 14.0. The summed E-state index contributed by atoms with van der Waals surface area (Å²) in [7, 11) is 0. The Balaban J connectivity index is 1.75. The van der Waals surface area contributed by atoms with Crippen LogP contribution in [-0.2, 0) is 32.0 Å². The Kier molecular flexibility index (Phi) is 12.4. The predicted molar refractivity (Wildman–Crippen MR) is 161 cm³/mol. The molecule has 3 rings (SSSR count). The molecule has 1 aromatic heterocycles. The number of carbonyl (C=O) groups excluding carboxylic acids is 3. The first-order chi connectivity index (χ1) is 19.8. The van der Waals surface area contributed by atoms with Gasteiger partial charge in [0.15, 0.2) is 0 Å². The zero-order chi connectivity index (χ0) is 29.6. The zero-order valence-electron chi connectivity index (χ0n) is 23.7. The summed E-state index contributed by atoms with van der Waals surface area (Å²) in [6.45, 7) is 9.00. The molecule has 0 saturated heterocycles. The van der Waals surface area contributed by atoms with Crippen molar-refractivity contribution >= 4 is 28.7 Å². The molecule has 0 saturated carbocycles. The Hall–Kier alpha value is -4.17. The quantitative estimate of drug-likeness (QED) is 0.146. The van der Waals surface area contributed by atoms with E-state index in [1.165, 1.54) is 0 Å². The first kappa shape index (κ1) is 31.4. The summed E-state index contributed by atoms with van der Waals surface area (Å²) in [5.74, 6) is -2.07. The van der Waals surface area contributed by atoms with Crippen molar-refractivity contribution in [3.63, 3.8) is 0 Å². The molecule has 2 amide bonds. The lowest BCUT2D eigenvalue weighted by Crippen LogP contribution is -2.45. The molecule has 4 atom stereocenters. The summed E-state index contributed by atoms with van der Waals surface area (Å²) in [6.07, 6.45) is 6.86. The number of para-hydroxylation sites is 1. The number of allylic oxidation sites excluding steroid dienone is 2. The van der Waals surface area contributed by atoms with E-state index in [9.17, 15) is 19.5 Å². The molecule has 0 fully saturated rings. The number of H-pyrrole nitrogens is 1. The number of carbonyl (C=O) groups is 3. The van der Waals surface area contributed by atoms with Crippen LogP contribution in [0.25, 0.3) is 10.9 Å². The van der Waals surface area contributed by atoms with Crippen LogP contribution in [0.5, 0.6) is 0 Å². The number of hydrogen-bond acceptors (Lipinski definition) is 5. The number of fused-ring (bicyclic) bond motifs is 1. The number of amides is 2. The minimum atomic E-state index is -0.661. The Morgan fingerprint density at radius 3 is 2.34 bits per heavy atom. The second kappa shape index (κ2) is 16.2. The molecular formula is C33H41N3O5. The van der Waals surface area contributed by atoms with Crippen LogP contribution in [-0.4, -0.2) is 53.2 Å². The average Bonchev–Trinajstić information content (AvgIpc) is 3.38. The van der Waals surface area contributed by atoms with Gasteiger partial charge in [-0.3, -0.25) is 14.4 Å². The molecular weight excluding hydrogens is 518 g/mol. The van der Waals surface area contributed by atoms with Gasteiger partial charge in [0.1, 0.15) is 6.61 Å². The number of benzene rings is 2. The van der Waals surface area contributed by atoms with Gasteiger partial charge in [-0.25, -0.2) is 0 Å². The number of aliphatic hydroxyl groups excluding tert-OH is 1. The summed E-state index contributed by atoms with van der Waals surface area (Å²) < 4.78 is 5.80. The number of ether oxygens (including phenoxy) is 1. The van der Waals surface area contributed by atoms with Crippen molar-refractivity contribution in [3.05, 3.63) is 97.2 Å². The minimum Gasteiger partial charge on any atom is -0.463 e. The summed E-state index contributed by atoms with van der Waals surface area (Å²) in [4.78, 5) is 42.3. The SMILES string of the molecule is C=CCC(CC(=O)NC(C)CO)C(=O)NC(COC(=O)C(CC=C)Cc1ccccc1)Cc1c[nH]c2ccccc12. The second-order valence-electron chi connectivity index (χ2n) is 10.4. The molecule has 0 aliphatic rings. The molecule has 8 nitrogen and oxygen atoms in total. The molecule has 0 aliphatic carbocycles. The van der Waals surface area contributed by atoms with E-state index in [1.54, 1.807) is 19.1 Å². The van der Waals surface area contributed by atoms with Crippen molar-refractivity contribution in [2.24, 2.45) is 11.8 Å². The molecule has 2 aromatic carbocycles. The van der Waals surface area contributed by atoms with E-state index in [-0.39, 0.29) is 37.4 Å². The van der Waals surface area contributed by atoms with Gasteiger partial charge in [-0.05, 0) is 49.8 Å². The molecule has 4 N–H and O–H groups in total. The van der Waals surface area contributed by atoms with E-state index >= 15 is 0 Å². The van der Waals surface area contributed by atoms with Gasteiger partial charge in [-0.1, -0.05) is 60.7 Å². The van der Waals surface area contributed by atoms with Crippen molar-refractivity contribution < 1.29 is 24.2 Å². The topological polar surface area (TPSA) is 121 Å². The Bertz CT molecular complexity index is 1300. The normalized spacial score (nSPS) is 13.9. The van der Waals surface area contributed by atoms with Crippen LogP contribution in [0.2, 0.25) is 0 Å². The molecule has 41 heavy (non-hydrogen) atoms. The van der Waals surface area contributed by atoms with Gasteiger partial charge in [0.05, 0.1) is 24.5 Å². The number of aromatic nitrogens is 1. The molecule has 0 bridgehead atoms. The molecule has 4 unspecified atom stereocenters. The highest BCUT2D eigenvalue weighted by molar-refractivity contribution is 5.86. The number of nitrogens with one attached hydrogen (secondary N) is 3. The maximum atomic E-state index is 13.4. The fraction of sp³-hybridized carbons (Fsp3) is 0.364. The van der Waals surface area contributed by atoms with E-state index in [1.807, 2.05) is 60.8 Å². The highest BCUT2D eigenvalue weighted by atomic mass is 16.5. The fourth-order valence-corrected chi connectivity index (χ4v) is 4.79. The van der Waals surface area contributed by atoms with Crippen LogP contribution in [0.15, 0.2) is 86.1 Å². The monoisotopic (exact) mass is 559 g/mol. The van der Waals surface area contributed by atoms with Gasteiger partial charge in [0, 0.05) is 29.6 Å². The lowest BCUT2D eigenvalue weighted by Gasteiger charge is -2.23. The number of rotatable bonds is 17. The minimum absolute atomic E-state index is 0.0267. The summed E-state index contributed by atoms with van der Waals surface area (Å²) in [5, 5.41) is 16.0. The van der Waals surface area contributed by atoms with E-state index in [0.29, 0.717) is 25.7 Å². The number of aromatic amines is 1. The van der Waals surface area contributed by atoms with Crippen LogP contribution < -0.4 is 10.6 Å². The van der Waals surface area contributed by atoms with Crippen molar-refractivity contribution in [2.75, 3.05) is 13.2 Å². The van der Waals surface area contributed by atoms with Crippen molar-refractivity contribution in [3.8, 4) is 0 Å². The van der Waals surface area contributed by atoms with Crippen LogP contribution in [0.4, 0.5) is 0 Å². The molecule has 0 aliphatic heterocycles. The Morgan fingerprint density at radius 2 is 1.63 bits per heavy atom. The van der Waals surface area contributed by atoms with Crippen LogP contribution in [0.1, 0.15) is 37.3 Å². The third-order valence-electron chi connectivity index (χ3n) is 6.96. The standard InChI is InChI=1S/C33H41N3O5/c1-4-11-25(19-31(38)35-23(3)21-37)32(39)36-28(18-27-20-34-30-16-10-9-15-29(27)30)22-41-33(40)26(12-5-2)17-24-13-7-6-8-14-24/h4-10,13-16,20,23,25-26,28,34,37H,1-2,11-12,17-19,21-22H2,3H3,(H,35,38)(H,36,39). The van der Waals surface area contributed by atoms with Crippen LogP contribution >= 0.6 is 0 Å². The van der Waals surface area contributed by atoms with E-state index in [0.717, 1.165) is 22.0 Å². The van der Waals surface area contributed by atoms with Crippen molar-refractivity contribution in [1.82, 2.24) is 15.6 Å². The highest BCUT2D eigenvalue weighted by Gasteiger charge is 2.26. The maximum Gasteiger partial charge on any atom is 0.309 e. The molecule has 3 aromatic rings. The van der Waals surface area contributed by atoms with Gasteiger partial charge < -0.3 is 25.5 Å². The zero-order valence-corrected chi connectivity index (χ0v) is 23.7. The predicted octanol–water partition coefficient (Wildman–Crippen LogP) is 4.25. The van der Waals surface area contributed by atoms with Gasteiger partial charge >= 0.3 is 5.97 Å². The Morgan fingerprint density at radius 1 is 0.951 bits per heavy atom. The number of aliphatic hydroxyl groups is 1. The molecule has 8 heteroatoms. The third-order valence-corrected chi connectivity index (χ3v) is 6.96. The van der Waals surface area contributed by atoms with Gasteiger partial charge in [-0.15, -0.1) is 13.2 Å². The number of hydrogen-bond donors (Lipinski definition) is 4. The summed E-state index contributed by atoms with van der Waals surface area (Å²) >= 11 is 0. The Labute approximate surface area is 241 Å². The van der Waals surface area contributed by atoms with Crippen molar-refractivity contribution in [1.29, 1.82) is 0 Å². The smallest absolute Gasteiger partial charge is 0.309 e. The van der Waals surface area contributed by atoms with E-state index in [4.69, 9.17) is 4.74 Å². The first-order valence-electron chi connectivity index (χ1n) is 14.0. The number of esters is 1. The summed E-state index contributed by atoms with van der Waals surface area (Å²) in [6, 6.07) is 16.7. The molecule has 0 spiro atoms. The lowest BCUT2D eigenvalue weighted by molar-refractivity contribution is -0.149. The summed E-state index contributed by atoms with van der Waals surface area (Å²) in [5.41, 5.74) is 2.97. The third kappa shape index (κ3) is 9.76. The average molecular weight is 560 g/mol. The van der Waals surface area contributed by atoms with E-state index in [2.05, 4.69) is 28.8 Å². The van der Waals surface area contributed by atoms with Gasteiger partial charge in [0.2, 0.25) is 11.8 Å². The molecule has 1 heterocycles. The molecule has 0 radical (unpaired) electrons. The molecule has 218 valence electrons. The highest BCUT2D eigenvalue weighted by Crippen LogP contribution is 2.21. The second-order valence-corrected chi connectivity index (χ2v) is 10.4. The van der Waals surface area contributed by atoms with E-state index < -0.39 is 23.9 Å². The largest absolute Gasteiger partial charge is 0.463 e. The van der Waals surface area contributed by atoms with Gasteiger partial charge in [-0.2, -0.15) is 0 Å². The van der Waals surface area contributed by atoms with Crippen molar-refractivity contribution in [2.45, 2.75) is 51.1 Å². The van der Waals surface area contributed by atoms with Crippen LogP contribution in [0.3, 0.4) is 0 Å². The lowest BCUT2D eigenvalue weighted by atomic mass is 9.96. The van der Waals surface area contributed by atoms with Crippen LogP contribution in [0, 0.1) is 11.8 Å².